The summed E-state index contributed by atoms with van der Waals surface area (Å²) in [5.74, 6) is 1.82. The second-order valence-electron chi connectivity index (χ2n) is 4.83. The predicted octanol–water partition coefficient (Wildman–Crippen LogP) is 6.28. The summed E-state index contributed by atoms with van der Waals surface area (Å²) in [7, 11) is 0. The van der Waals surface area contributed by atoms with E-state index in [1.807, 2.05) is 35.8 Å². The van der Waals surface area contributed by atoms with Crippen molar-refractivity contribution in [2.75, 3.05) is 0 Å². The molecular formula is C15H11Br2Cl2N3S. The van der Waals surface area contributed by atoms with Gasteiger partial charge in [0.2, 0.25) is 0 Å². The molecule has 3 rings (SSSR count). The quantitative estimate of drug-likeness (QED) is 0.399. The van der Waals surface area contributed by atoms with Crippen LogP contribution < -0.4 is 0 Å². The molecule has 0 saturated carbocycles. The van der Waals surface area contributed by atoms with E-state index in [1.165, 1.54) is 0 Å². The van der Waals surface area contributed by atoms with Crippen molar-refractivity contribution in [2.45, 2.75) is 17.6 Å². The second kappa shape index (κ2) is 7.23. The SMILES string of the molecule is Cc1nnc(CCl)n1-c1sc(Br)cc1C(Br)c1ccccc1Cl. The van der Waals surface area contributed by atoms with Gasteiger partial charge in [0.05, 0.1) is 14.5 Å². The molecule has 0 N–H and O–H groups in total. The molecule has 0 saturated heterocycles. The number of benzene rings is 1. The summed E-state index contributed by atoms with van der Waals surface area (Å²) < 4.78 is 3.01. The van der Waals surface area contributed by atoms with E-state index >= 15 is 0 Å². The van der Waals surface area contributed by atoms with Crippen LogP contribution in [0.4, 0.5) is 0 Å². The fourth-order valence-electron chi connectivity index (χ4n) is 2.33. The zero-order valence-corrected chi connectivity index (χ0v) is 17.4. The summed E-state index contributed by atoms with van der Waals surface area (Å²) in [4.78, 5) is -0.0428. The average molecular weight is 496 g/mol. The fourth-order valence-corrected chi connectivity index (χ4v) is 5.48. The number of nitrogens with zero attached hydrogens (tertiary/aromatic N) is 3. The average Bonchev–Trinajstić information content (AvgIpc) is 3.09. The van der Waals surface area contributed by atoms with E-state index in [-0.39, 0.29) is 4.83 Å². The molecule has 1 aromatic carbocycles. The molecule has 3 aromatic rings. The first-order valence-corrected chi connectivity index (χ1v) is 10.1. The summed E-state index contributed by atoms with van der Waals surface area (Å²) >= 11 is 21.3. The molecule has 120 valence electrons. The highest BCUT2D eigenvalue weighted by Gasteiger charge is 2.23. The molecule has 0 spiro atoms. The Bertz CT molecular complexity index is 847. The maximum Gasteiger partial charge on any atom is 0.153 e. The number of alkyl halides is 2. The number of hydrogen-bond donors (Lipinski definition) is 0. The van der Waals surface area contributed by atoms with Crippen molar-refractivity contribution in [1.29, 1.82) is 0 Å². The van der Waals surface area contributed by atoms with Gasteiger partial charge in [0, 0.05) is 10.6 Å². The number of rotatable bonds is 4. The van der Waals surface area contributed by atoms with Crippen molar-refractivity contribution in [2.24, 2.45) is 0 Å². The molecule has 0 fully saturated rings. The first kappa shape index (κ1) is 17.4. The predicted molar refractivity (Wildman–Crippen MR) is 103 cm³/mol. The van der Waals surface area contributed by atoms with Crippen molar-refractivity contribution in [3.05, 3.63) is 61.9 Å². The van der Waals surface area contributed by atoms with Crippen LogP contribution in [-0.2, 0) is 5.88 Å². The minimum Gasteiger partial charge on any atom is -0.273 e. The third kappa shape index (κ3) is 3.37. The zero-order valence-electron chi connectivity index (χ0n) is 11.9. The maximum absolute atomic E-state index is 6.35. The van der Waals surface area contributed by atoms with Crippen molar-refractivity contribution in [3.63, 3.8) is 0 Å². The van der Waals surface area contributed by atoms with Crippen molar-refractivity contribution in [3.8, 4) is 5.00 Å². The Balaban J connectivity index is 2.15. The number of aromatic nitrogens is 3. The van der Waals surface area contributed by atoms with Crippen LogP contribution in [0.25, 0.3) is 5.00 Å². The molecule has 0 aliphatic rings. The lowest BCUT2D eigenvalue weighted by Gasteiger charge is -2.14. The molecular weight excluding hydrogens is 485 g/mol. The molecule has 0 amide bonds. The Labute approximate surface area is 164 Å². The topological polar surface area (TPSA) is 30.7 Å². The highest BCUT2D eigenvalue weighted by atomic mass is 79.9. The van der Waals surface area contributed by atoms with Gasteiger partial charge in [-0.2, -0.15) is 0 Å². The number of aryl methyl sites for hydroxylation is 1. The maximum atomic E-state index is 6.35. The fraction of sp³-hybridized carbons (Fsp3) is 0.200. The Morgan fingerprint density at radius 2 is 2.00 bits per heavy atom. The highest BCUT2D eigenvalue weighted by molar-refractivity contribution is 9.11. The summed E-state index contributed by atoms with van der Waals surface area (Å²) in [6.07, 6.45) is 0. The van der Waals surface area contributed by atoms with Crippen molar-refractivity contribution in [1.82, 2.24) is 14.8 Å². The van der Waals surface area contributed by atoms with Gasteiger partial charge < -0.3 is 0 Å². The smallest absolute Gasteiger partial charge is 0.153 e. The summed E-state index contributed by atoms with van der Waals surface area (Å²) in [6.45, 7) is 1.92. The Hall–Kier alpha value is -0.400. The minimum absolute atomic E-state index is 0.0428. The normalized spacial score (nSPS) is 12.6. The number of halogens is 4. The molecule has 3 nitrogen and oxygen atoms in total. The van der Waals surface area contributed by atoms with E-state index in [4.69, 9.17) is 23.2 Å². The van der Waals surface area contributed by atoms with Crippen LogP contribution in [0, 0.1) is 6.92 Å². The van der Waals surface area contributed by atoms with Crippen molar-refractivity contribution >= 4 is 66.4 Å². The van der Waals surface area contributed by atoms with E-state index in [0.29, 0.717) is 5.88 Å². The van der Waals surface area contributed by atoms with Crippen LogP contribution in [0.5, 0.6) is 0 Å². The third-order valence-electron chi connectivity index (χ3n) is 3.38. The highest BCUT2D eigenvalue weighted by Crippen LogP contribution is 2.43. The van der Waals surface area contributed by atoms with E-state index in [9.17, 15) is 0 Å². The molecule has 0 aliphatic carbocycles. The Morgan fingerprint density at radius 3 is 2.70 bits per heavy atom. The second-order valence-corrected chi connectivity index (χ2v) is 8.83. The van der Waals surface area contributed by atoms with Gasteiger partial charge in [-0.1, -0.05) is 45.7 Å². The molecule has 2 aromatic heterocycles. The van der Waals surface area contributed by atoms with E-state index in [1.54, 1.807) is 11.3 Å². The lowest BCUT2D eigenvalue weighted by Crippen LogP contribution is -2.04. The first-order chi connectivity index (χ1) is 11.0. The summed E-state index contributed by atoms with van der Waals surface area (Å²) in [6, 6.07) is 9.88. The van der Waals surface area contributed by atoms with Gasteiger partial charge in [-0.3, -0.25) is 4.57 Å². The van der Waals surface area contributed by atoms with Crippen LogP contribution in [0.2, 0.25) is 5.02 Å². The molecule has 2 heterocycles. The molecule has 0 aliphatic heterocycles. The van der Waals surface area contributed by atoms with Gasteiger partial charge in [0.1, 0.15) is 10.8 Å². The van der Waals surface area contributed by atoms with E-state index in [2.05, 4.69) is 48.1 Å². The zero-order chi connectivity index (χ0) is 16.6. The standard InChI is InChI=1S/C15H11Br2Cl2N3S/c1-8-20-21-13(7-18)22(8)15-10(6-12(16)23-15)14(17)9-4-2-3-5-11(9)19/h2-6,14H,7H2,1H3. The van der Waals surface area contributed by atoms with E-state index in [0.717, 1.165) is 36.6 Å². The number of thiophene rings is 1. The van der Waals surface area contributed by atoms with Crippen LogP contribution in [0.15, 0.2) is 34.1 Å². The van der Waals surface area contributed by atoms with Crippen LogP contribution >= 0.6 is 66.4 Å². The van der Waals surface area contributed by atoms with Gasteiger partial charge in [-0.15, -0.1) is 33.1 Å². The first-order valence-electron chi connectivity index (χ1n) is 6.68. The van der Waals surface area contributed by atoms with Gasteiger partial charge in [0.25, 0.3) is 0 Å². The van der Waals surface area contributed by atoms with Gasteiger partial charge in [-0.05, 0) is 40.5 Å². The molecule has 0 bridgehead atoms. The van der Waals surface area contributed by atoms with E-state index < -0.39 is 0 Å². The summed E-state index contributed by atoms with van der Waals surface area (Å²) in [5.41, 5.74) is 2.10. The van der Waals surface area contributed by atoms with Crippen LogP contribution in [0.3, 0.4) is 0 Å². The number of hydrogen-bond acceptors (Lipinski definition) is 3. The van der Waals surface area contributed by atoms with Gasteiger partial charge in [-0.25, -0.2) is 0 Å². The monoisotopic (exact) mass is 493 g/mol. The molecule has 23 heavy (non-hydrogen) atoms. The Morgan fingerprint density at radius 1 is 1.26 bits per heavy atom. The van der Waals surface area contributed by atoms with Crippen molar-refractivity contribution < 1.29 is 0 Å². The molecule has 1 atom stereocenters. The summed E-state index contributed by atoms with van der Waals surface area (Å²) in [5, 5.41) is 10.0. The van der Waals surface area contributed by atoms with Gasteiger partial charge in [0.15, 0.2) is 5.82 Å². The van der Waals surface area contributed by atoms with Crippen LogP contribution in [-0.4, -0.2) is 14.8 Å². The molecule has 0 radical (unpaired) electrons. The van der Waals surface area contributed by atoms with Gasteiger partial charge >= 0.3 is 0 Å². The van der Waals surface area contributed by atoms with Crippen LogP contribution in [0.1, 0.15) is 27.6 Å². The molecule has 1 unspecified atom stereocenters. The lowest BCUT2D eigenvalue weighted by atomic mass is 10.1. The molecule has 8 heteroatoms. The lowest BCUT2D eigenvalue weighted by molar-refractivity contribution is 0.928. The largest absolute Gasteiger partial charge is 0.273 e. The third-order valence-corrected chi connectivity index (χ3v) is 6.58. The Kier molecular flexibility index (Phi) is 5.48. The minimum atomic E-state index is -0.0428.